The van der Waals surface area contributed by atoms with Gasteiger partial charge in [-0.3, -0.25) is 0 Å². The van der Waals surface area contributed by atoms with E-state index in [0.717, 1.165) is 0 Å². The predicted octanol–water partition coefficient (Wildman–Crippen LogP) is 0.319. The molecule has 1 aromatic carbocycles. The topological polar surface area (TPSA) is 69.6 Å². The lowest BCUT2D eigenvalue weighted by Crippen LogP contribution is -2.11. The third kappa shape index (κ3) is 1.99. The number of hydrogen-bond acceptors (Lipinski definition) is 4. The van der Waals surface area contributed by atoms with Gasteiger partial charge in [0.15, 0.2) is 5.82 Å². The molecule has 78 valence electrons. The second-order valence-corrected chi connectivity index (χ2v) is 3.05. The summed E-state index contributed by atoms with van der Waals surface area (Å²) < 4.78 is 14.8. The van der Waals surface area contributed by atoms with E-state index < -0.39 is 0 Å². The quantitative estimate of drug-likeness (QED) is 0.786. The molecule has 2 N–H and O–H groups in total. The van der Waals surface area contributed by atoms with Crippen LogP contribution in [-0.4, -0.2) is 20.2 Å². The molecule has 0 aliphatic heterocycles. The molecule has 1 aromatic heterocycles. The van der Waals surface area contributed by atoms with Gasteiger partial charge in [0.05, 0.1) is 13.1 Å². The molecular weight excluding hydrogens is 197 g/mol. The zero-order valence-electron chi connectivity index (χ0n) is 7.97. The van der Waals surface area contributed by atoms with E-state index in [1.807, 2.05) is 0 Å². The largest absolute Gasteiger partial charge is 0.324 e. The Labute approximate surface area is 85.7 Å². The van der Waals surface area contributed by atoms with Crippen molar-refractivity contribution >= 4 is 0 Å². The van der Waals surface area contributed by atoms with Crippen LogP contribution in [0.5, 0.6) is 0 Å². The molecule has 2 aromatic rings. The molecule has 0 saturated heterocycles. The molecule has 0 spiro atoms. The van der Waals surface area contributed by atoms with Gasteiger partial charge in [-0.1, -0.05) is 18.2 Å². The maximum Gasteiger partial charge on any atom is 0.165 e. The number of benzene rings is 1. The van der Waals surface area contributed by atoms with Crippen LogP contribution in [0.4, 0.5) is 4.39 Å². The third-order valence-corrected chi connectivity index (χ3v) is 2.07. The summed E-state index contributed by atoms with van der Waals surface area (Å²) in [5.74, 6) is 0.272. The van der Waals surface area contributed by atoms with Gasteiger partial charge in [-0.2, -0.15) is 0 Å². The summed E-state index contributed by atoms with van der Waals surface area (Å²) in [5.41, 5.74) is 5.97. The minimum atomic E-state index is -0.268. The van der Waals surface area contributed by atoms with Crippen molar-refractivity contribution in [3.05, 3.63) is 41.5 Å². The lowest BCUT2D eigenvalue weighted by atomic mass is 10.2. The van der Waals surface area contributed by atoms with Gasteiger partial charge in [0.2, 0.25) is 0 Å². The molecule has 15 heavy (non-hydrogen) atoms. The summed E-state index contributed by atoms with van der Waals surface area (Å²) >= 11 is 0. The first-order valence-corrected chi connectivity index (χ1v) is 4.50. The van der Waals surface area contributed by atoms with E-state index in [-0.39, 0.29) is 12.4 Å². The monoisotopic (exact) mass is 207 g/mol. The maximum absolute atomic E-state index is 13.3. The Balaban J connectivity index is 2.26. The summed E-state index contributed by atoms with van der Waals surface area (Å²) in [4.78, 5) is 0. The molecule has 0 fully saturated rings. The van der Waals surface area contributed by atoms with Crippen molar-refractivity contribution in [3.63, 3.8) is 0 Å². The van der Waals surface area contributed by atoms with Crippen LogP contribution in [0.25, 0.3) is 0 Å². The van der Waals surface area contributed by atoms with Crippen molar-refractivity contribution in [2.24, 2.45) is 5.73 Å². The van der Waals surface area contributed by atoms with Crippen molar-refractivity contribution in [2.45, 2.75) is 13.1 Å². The number of rotatable bonds is 3. The molecular formula is C9H10FN5. The molecule has 6 heteroatoms. The molecule has 0 bridgehead atoms. The second kappa shape index (κ2) is 4.14. The van der Waals surface area contributed by atoms with Crippen LogP contribution in [0.1, 0.15) is 11.4 Å². The van der Waals surface area contributed by atoms with Crippen LogP contribution in [0.2, 0.25) is 0 Å². The summed E-state index contributed by atoms with van der Waals surface area (Å²) in [5, 5.41) is 10.9. The minimum Gasteiger partial charge on any atom is -0.324 e. The van der Waals surface area contributed by atoms with Crippen molar-refractivity contribution in [3.8, 4) is 0 Å². The maximum atomic E-state index is 13.3. The zero-order valence-corrected chi connectivity index (χ0v) is 7.97. The smallest absolute Gasteiger partial charge is 0.165 e. The highest BCUT2D eigenvalue weighted by Crippen LogP contribution is 2.08. The van der Waals surface area contributed by atoms with Crippen LogP contribution in [0.15, 0.2) is 24.3 Å². The molecule has 0 radical (unpaired) electrons. The van der Waals surface area contributed by atoms with Crippen LogP contribution < -0.4 is 5.73 Å². The number of halogens is 1. The average Bonchev–Trinajstić information content (AvgIpc) is 2.69. The molecule has 0 amide bonds. The number of nitrogens with two attached hydrogens (primary N) is 1. The average molecular weight is 207 g/mol. The number of tetrazole rings is 1. The van der Waals surface area contributed by atoms with Crippen molar-refractivity contribution in [1.82, 2.24) is 20.2 Å². The number of aromatic nitrogens is 4. The summed E-state index contributed by atoms with van der Waals surface area (Å²) in [6, 6.07) is 6.51. The van der Waals surface area contributed by atoms with Crippen molar-refractivity contribution < 1.29 is 4.39 Å². The fraction of sp³-hybridized carbons (Fsp3) is 0.222. The fourth-order valence-electron chi connectivity index (χ4n) is 1.28. The summed E-state index contributed by atoms with van der Waals surface area (Å²) in [7, 11) is 0. The highest BCUT2D eigenvalue weighted by Gasteiger charge is 2.07. The van der Waals surface area contributed by atoms with E-state index in [0.29, 0.717) is 17.9 Å². The van der Waals surface area contributed by atoms with Gasteiger partial charge in [0.1, 0.15) is 5.82 Å². The van der Waals surface area contributed by atoms with E-state index >= 15 is 0 Å². The SMILES string of the molecule is NCc1nnnn1Cc1ccccc1F. The van der Waals surface area contributed by atoms with E-state index in [9.17, 15) is 4.39 Å². The highest BCUT2D eigenvalue weighted by molar-refractivity contribution is 5.17. The first kappa shape index (κ1) is 9.72. The Morgan fingerprint density at radius 2 is 2.13 bits per heavy atom. The number of nitrogens with zero attached hydrogens (tertiary/aromatic N) is 4. The van der Waals surface area contributed by atoms with Crippen molar-refractivity contribution in [2.75, 3.05) is 0 Å². The standard InChI is InChI=1S/C9H10FN5/c10-8-4-2-1-3-7(8)6-15-9(5-11)12-13-14-15/h1-4H,5-6,11H2. The molecule has 0 saturated carbocycles. The Morgan fingerprint density at radius 1 is 1.33 bits per heavy atom. The van der Waals surface area contributed by atoms with E-state index in [1.54, 1.807) is 18.2 Å². The van der Waals surface area contributed by atoms with Crippen molar-refractivity contribution in [1.29, 1.82) is 0 Å². The molecule has 2 rings (SSSR count). The number of hydrogen-bond donors (Lipinski definition) is 1. The molecule has 0 aliphatic rings. The first-order chi connectivity index (χ1) is 7.31. The minimum absolute atomic E-state index is 0.238. The van der Waals surface area contributed by atoms with Crippen LogP contribution in [0, 0.1) is 5.82 Å². The highest BCUT2D eigenvalue weighted by atomic mass is 19.1. The van der Waals surface area contributed by atoms with E-state index in [2.05, 4.69) is 15.5 Å². The Hall–Kier alpha value is -1.82. The fourth-order valence-corrected chi connectivity index (χ4v) is 1.28. The van der Waals surface area contributed by atoms with Gasteiger partial charge in [-0.05, 0) is 16.5 Å². The normalized spacial score (nSPS) is 10.5. The zero-order chi connectivity index (χ0) is 10.7. The molecule has 0 atom stereocenters. The van der Waals surface area contributed by atoms with Gasteiger partial charge in [-0.25, -0.2) is 9.07 Å². The van der Waals surface area contributed by atoms with Gasteiger partial charge in [0, 0.05) is 5.56 Å². The molecule has 0 unspecified atom stereocenters. The van der Waals surface area contributed by atoms with Gasteiger partial charge < -0.3 is 5.73 Å². The van der Waals surface area contributed by atoms with Gasteiger partial charge in [-0.15, -0.1) is 5.10 Å². The van der Waals surface area contributed by atoms with Crippen LogP contribution in [-0.2, 0) is 13.1 Å². The lowest BCUT2D eigenvalue weighted by molar-refractivity contribution is 0.566. The summed E-state index contributed by atoms with van der Waals surface area (Å²) in [6.45, 7) is 0.535. The third-order valence-electron chi connectivity index (χ3n) is 2.07. The molecule has 5 nitrogen and oxygen atoms in total. The Kier molecular flexibility index (Phi) is 2.68. The Bertz CT molecular complexity index is 453. The predicted molar refractivity (Wildman–Crippen MR) is 51.2 cm³/mol. The van der Waals surface area contributed by atoms with E-state index in [4.69, 9.17) is 5.73 Å². The lowest BCUT2D eigenvalue weighted by Gasteiger charge is -2.03. The van der Waals surface area contributed by atoms with Crippen LogP contribution in [0.3, 0.4) is 0 Å². The van der Waals surface area contributed by atoms with Crippen LogP contribution >= 0.6 is 0 Å². The van der Waals surface area contributed by atoms with E-state index in [1.165, 1.54) is 10.7 Å². The summed E-state index contributed by atoms with van der Waals surface area (Å²) in [6.07, 6.45) is 0. The molecule has 0 aliphatic carbocycles. The second-order valence-electron chi connectivity index (χ2n) is 3.05. The first-order valence-electron chi connectivity index (χ1n) is 4.50. The van der Waals surface area contributed by atoms with Gasteiger partial charge >= 0.3 is 0 Å². The van der Waals surface area contributed by atoms with Gasteiger partial charge in [0.25, 0.3) is 0 Å². The Morgan fingerprint density at radius 3 is 2.87 bits per heavy atom. The molecule has 1 heterocycles.